The molecule has 2 aromatic rings. The van der Waals surface area contributed by atoms with Gasteiger partial charge >= 0.3 is 5.69 Å². The summed E-state index contributed by atoms with van der Waals surface area (Å²) in [6, 6.07) is 8.43. The Morgan fingerprint density at radius 1 is 1.29 bits per heavy atom. The summed E-state index contributed by atoms with van der Waals surface area (Å²) in [5.74, 6) is -0.260. The van der Waals surface area contributed by atoms with Crippen molar-refractivity contribution in [3.8, 4) is 0 Å². The lowest BCUT2D eigenvalue weighted by molar-refractivity contribution is -0.131. The summed E-state index contributed by atoms with van der Waals surface area (Å²) in [6.45, 7) is 0.202. The van der Waals surface area contributed by atoms with Crippen molar-refractivity contribution >= 4 is 17.5 Å². The average molecular weight is 308 g/mol. The van der Waals surface area contributed by atoms with E-state index in [4.69, 9.17) is 11.6 Å². The Hall–Kier alpha value is -2.34. The molecule has 0 radical (unpaired) electrons. The van der Waals surface area contributed by atoms with E-state index >= 15 is 0 Å². The molecule has 6 nitrogen and oxygen atoms in total. The number of halogens is 1. The SMILES string of the molecule is CN(Cc1ccccc1Cl)C(=O)Cn1ccc(=O)[nH]c1=O. The van der Waals surface area contributed by atoms with E-state index in [0.29, 0.717) is 11.6 Å². The van der Waals surface area contributed by atoms with E-state index < -0.39 is 11.2 Å². The number of nitrogens with one attached hydrogen (secondary N) is 1. The zero-order chi connectivity index (χ0) is 15.4. The molecule has 0 saturated heterocycles. The van der Waals surface area contributed by atoms with Gasteiger partial charge in [0.1, 0.15) is 6.54 Å². The summed E-state index contributed by atoms with van der Waals surface area (Å²) in [4.78, 5) is 38.2. The highest BCUT2D eigenvalue weighted by Gasteiger charge is 2.12. The molecule has 0 bridgehead atoms. The van der Waals surface area contributed by atoms with Gasteiger partial charge < -0.3 is 4.90 Å². The molecule has 1 N–H and O–H groups in total. The van der Waals surface area contributed by atoms with Crippen LogP contribution in [0.5, 0.6) is 0 Å². The molecule has 0 aliphatic heterocycles. The molecule has 0 saturated carbocycles. The van der Waals surface area contributed by atoms with Crippen molar-refractivity contribution in [1.82, 2.24) is 14.5 Å². The Morgan fingerprint density at radius 2 is 2.00 bits per heavy atom. The summed E-state index contributed by atoms with van der Waals surface area (Å²) in [6.07, 6.45) is 1.29. The molecule has 0 unspecified atom stereocenters. The number of hydrogen-bond acceptors (Lipinski definition) is 3. The van der Waals surface area contributed by atoms with Gasteiger partial charge in [0.05, 0.1) is 0 Å². The van der Waals surface area contributed by atoms with Crippen LogP contribution in [-0.4, -0.2) is 27.4 Å². The van der Waals surface area contributed by atoms with Gasteiger partial charge in [-0.05, 0) is 11.6 Å². The minimum Gasteiger partial charge on any atom is -0.340 e. The highest BCUT2D eigenvalue weighted by atomic mass is 35.5. The Morgan fingerprint density at radius 3 is 2.67 bits per heavy atom. The van der Waals surface area contributed by atoms with E-state index in [1.165, 1.54) is 17.2 Å². The first-order chi connectivity index (χ1) is 9.97. The first kappa shape index (κ1) is 15.1. The number of H-pyrrole nitrogens is 1. The van der Waals surface area contributed by atoms with Gasteiger partial charge in [0.2, 0.25) is 5.91 Å². The van der Waals surface area contributed by atoms with Crippen molar-refractivity contribution in [2.75, 3.05) is 7.05 Å². The molecule has 0 atom stereocenters. The normalized spacial score (nSPS) is 10.4. The first-order valence-corrected chi connectivity index (χ1v) is 6.62. The number of rotatable bonds is 4. The molecule has 21 heavy (non-hydrogen) atoms. The zero-order valence-electron chi connectivity index (χ0n) is 11.4. The molecule has 1 aromatic carbocycles. The van der Waals surface area contributed by atoms with Gasteiger partial charge in [0, 0.05) is 30.9 Å². The highest BCUT2D eigenvalue weighted by Crippen LogP contribution is 2.16. The summed E-state index contributed by atoms with van der Waals surface area (Å²) in [5, 5.41) is 0.582. The Balaban J connectivity index is 2.08. The summed E-state index contributed by atoms with van der Waals surface area (Å²) in [5.41, 5.74) is -0.279. The van der Waals surface area contributed by atoms with Gasteiger partial charge in [-0.25, -0.2) is 4.79 Å². The zero-order valence-corrected chi connectivity index (χ0v) is 12.1. The van der Waals surface area contributed by atoms with Crippen molar-refractivity contribution in [3.05, 3.63) is 68.0 Å². The predicted octanol–water partition coefficient (Wildman–Crippen LogP) is 0.849. The second-order valence-corrected chi connectivity index (χ2v) is 4.99. The predicted molar refractivity (Wildman–Crippen MR) is 79.2 cm³/mol. The number of aromatic amines is 1. The molecule has 1 aromatic heterocycles. The fourth-order valence-corrected chi connectivity index (χ4v) is 2.00. The third-order valence-corrected chi connectivity index (χ3v) is 3.36. The standard InChI is InChI=1S/C14H14ClN3O3/c1-17(8-10-4-2-3-5-11(10)15)13(20)9-18-7-6-12(19)16-14(18)21/h2-7H,8-9H2,1H3,(H,16,19,21). The quantitative estimate of drug-likeness (QED) is 0.910. The topological polar surface area (TPSA) is 75.2 Å². The summed E-state index contributed by atoms with van der Waals surface area (Å²) in [7, 11) is 1.63. The van der Waals surface area contributed by atoms with Crippen molar-refractivity contribution in [3.63, 3.8) is 0 Å². The lowest BCUT2D eigenvalue weighted by atomic mass is 10.2. The number of carbonyl (C=O) groups is 1. The smallest absolute Gasteiger partial charge is 0.328 e. The van der Waals surface area contributed by atoms with Crippen molar-refractivity contribution in [2.24, 2.45) is 0 Å². The molecule has 2 rings (SSSR count). The largest absolute Gasteiger partial charge is 0.340 e. The Kier molecular flexibility index (Phi) is 4.59. The van der Waals surface area contributed by atoms with Gasteiger partial charge in [-0.15, -0.1) is 0 Å². The molecule has 110 valence electrons. The third-order valence-electron chi connectivity index (χ3n) is 2.99. The molecule has 0 aliphatic rings. The molecular formula is C14H14ClN3O3. The van der Waals surface area contributed by atoms with Gasteiger partial charge in [0.25, 0.3) is 5.56 Å². The molecule has 0 spiro atoms. The minimum atomic E-state index is -0.609. The fraction of sp³-hybridized carbons (Fsp3) is 0.214. The van der Waals surface area contributed by atoms with Gasteiger partial charge in [-0.2, -0.15) is 0 Å². The Bertz CT molecular complexity index is 766. The first-order valence-electron chi connectivity index (χ1n) is 6.24. The monoisotopic (exact) mass is 307 g/mol. The number of nitrogens with zero attached hydrogens (tertiary/aromatic N) is 2. The number of carbonyl (C=O) groups excluding carboxylic acids is 1. The van der Waals surface area contributed by atoms with Gasteiger partial charge in [-0.3, -0.25) is 19.1 Å². The van der Waals surface area contributed by atoms with E-state index in [2.05, 4.69) is 4.98 Å². The average Bonchev–Trinajstić information content (AvgIpc) is 2.44. The van der Waals surface area contributed by atoms with Crippen LogP contribution in [0.15, 0.2) is 46.1 Å². The highest BCUT2D eigenvalue weighted by molar-refractivity contribution is 6.31. The third kappa shape index (κ3) is 3.82. The van der Waals surface area contributed by atoms with Crippen LogP contribution in [0.25, 0.3) is 0 Å². The number of likely N-dealkylation sites (N-methyl/N-ethyl adjacent to an activating group) is 1. The fourth-order valence-electron chi connectivity index (χ4n) is 1.81. The van der Waals surface area contributed by atoms with Crippen molar-refractivity contribution in [2.45, 2.75) is 13.1 Å². The van der Waals surface area contributed by atoms with E-state index in [9.17, 15) is 14.4 Å². The number of amides is 1. The van der Waals surface area contributed by atoms with Crippen LogP contribution in [0, 0.1) is 0 Å². The maximum absolute atomic E-state index is 12.1. The van der Waals surface area contributed by atoms with Crippen LogP contribution < -0.4 is 11.2 Å². The molecule has 1 heterocycles. The van der Waals surface area contributed by atoms with E-state index in [0.717, 1.165) is 10.1 Å². The number of aromatic nitrogens is 2. The van der Waals surface area contributed by atoms with E-state index in [-0.39, 0.29) is 12.5 Å². The van der Waals surface area contributed by atoms with Crippen LogP contribution in [-0.2, 0) is 17.9 Å². The van der Waals surface area contributed by atoms with Crippen LogP contribution in [0.4, 0.5) is 0 Å². The number of hydrogen-bond donors (Lipinski definition) is 1. The molecular weight excluding hydrogens is 294 g/mol. The van der Waals surface area contributed by atoms with Crippen LogP contribution >= 0.6 is 11.6 Å². The lowest BCUT2D eigenvalue weighted by Crippen LogP contribution is -2.36. The molecule has 0 fully saturated rings. The Labute approximate surface area is 125 Å². The van der Waals surface area contributed by atoms with Crippen LogP contribution in [0.2, 0.25) is 5.02 Å². The maximum atomic E-state index is 12.1. The molecule has 1 amide bonds. The van der Waals surface area contributed by atoms with Crippen molar-refractivity contribution in [1.29, 1.82) is 0 Å². The molecule has 0 aliphatic carbocycles. The minimum absolute atomic E-state index is 0.142. The second kappa shape index (κ2) is 6.41. The van der Waals surface area contributed by atoms with Crippen LogP contribution in [0.3, 0.4) is 0 Å². The van der Waals surface area contributed by atoms with E-state index in [1.807, 2.05) is 18.2 Å². The van der Waals surface area contributed by atoms with Crippen LogP contribution in [0.1, 0.15) is 5.56 Å². The maximum Gasteiger partial charge on any atom is 0.328 e. The molecule has 7 heteroatoms. The summed E-state index contributed by atoms with van der Waals surface area (Å²) >= 11 is 6.04. The number of benzene rings is 1. The lowest BCUT2D eigenvalue weighted by Gasteiger charge is -2.18. The summed E-state index contributed by atoms with van der Waals surface area (Å²) < 4.78 is 1.15. The van der Waals surface area contributed by atoms with Gasteiger partial charge in [0.15, 0.2) is 0 Å². The van der Waals surface area contributed by atoms with Gasteiger partial charge in [-0.1, -0.05) is 29.8 Å². The van der Waals surface area contributed by atoms with Crippen molar-refractivity contribution < 1.29 is 4.79 Å². The van der Waals surface area contributed by atoms with E-state index in [1.54, 1.807) is 13.1 Å². The second-order valence-electron chi connectivity index (χ2n) is 4.58.